The maximum Gasteiger partial charge on any atom is 0.410 e. The number of carbonyl (C=O) groups is 2. The quantitative estimate of drug-likeness (QED) is 0.749. The van der Waals surface area contributed by atoms with Crippen LogP contribution in [0.5, 0.6) is 0 Å². The number of rotatable bonds is 6. The summed E-state index contributed by atoms with van der Waals surface area (Å²) in [5.74, 6) is -0.127. The van der Waals surface area contributed by atoms with E-state index in [0.29, 0.717) is 19.6 Å². The van der Waals surface area contributed by atoms with Crippen molar-refractivity contribution in [3.05, 3.63) is 35.9 Å². The van der Waals surface area contributed by atoms with E-state index < -0.39 is 0 Å². The zero-order chi connectivity index (χ0) is 16.7. The van der Waals surface area contributed by atoms with Crippen molar-refractivity contribution < 1.29 is 14.3 Å². The highest BCUT2D eigenvalue weighted by Gasteiger charge is 2.31. The molecule has 1 fully saturated rings. The predicted molar refractivity (Wildman–Crippen MR) is 89.3 cm³/mol. The molecule has 1 aromatic carbocycles. The normalized spacial score (nSPS) is 17.1. The van der Waals surface area contributed by atoms with E-state index in [1.807, 2.05) is 37.3 Å². The van der Waals surface area contributed by atoms with Gasteiger partial charge in [-0.3, -0.25) is 4.79 Å². The van der Waals surface area contributed by atoms with Crippen molar-refractivity contribution in [3.8, 4) is 0 Å². The average molecular weight is 339 g/mol. The molecule has 0 aromatic heterocycles. The van der Waals surface area contributed by atoms with Crippen LogP contribution in [-0.2, 0) is 16.1 Å². The van der Waals surface area contributed by atoms with E-state index in [0.717, 1.165) is 18.4 Å². The molecule has 2 amide bonds. The van der Waals surface area contributed by atoms with Gasteiger partial charge in [-0.25, -0.2) is 4.79 Å². The van der Waals surface area contributed by atoms with Gasteiger partial charge in [-0.1, -0.05) is 30.3 Å². The van der Waals surface area contributed by atoms with Gasteiger partial charge >= 0.3 is 6.09 Å². The van der Waals surface area contributed by atoms with Gasteiger partial charge in [0.1, 0.15) is 12.5 Å². The van der Waals surface area contributed by atoms with Crippen molar-refractivity contribution in [2.75, 3.05) is 25.5 Å². The summed E-state index contributed by atoms with van der Waals surface area (Å²) >= 11 is 5.63. The lowest BCUT2D eigenvalue weighted by atomic mass is 10.2. The van der Waals surface area contributed by atoms with E-state index >= 15 is 0 Å². The molecule has 1 saturated heterocycles. The highest BCUT2D eigenvalue weighted by atomic mass is 35.5. The predicted octanol–water partition coefficient (Wildman–Crippen LogP) is 2.87. The second-order valence-corrected chi connectivity index (χ2v) is 5.86. The fourth-order valence-electron chi connectivity index (χ4n) is 2.81. The lowest BCUT2D eigenvalue weighted by molar-refractivity contribution is -0.129. The maximum absolute atomic E-state index is 12.3. The summed E-state index contributed by atoms with van der Waals surface area (Å²) in [7, 11) is 0. The number of halogens is 1. The third-order valence-electron chi connectivity index (χ3n) is 4.10. The van der Waals surface area contributed by atoms with Gasteiger partial charge in [-0.05, 0) is 25.3 Å². The number of likely N-dealkylation sites (N-methyl/N-ethyl adjacent to an activating group) is 1. The van der Waals surface area contributed by atoms with Gasteiger partial charge in [-0.15, -0.1) is 11.6 Å². The summed E-state index contributed by atoms with van der Waals surface area (Å²) in [4.78, 5) is 27.5. The molecule has 1 heterocycles. The van der Waals surface area contributed by atoms with Crippen LogP contribution >= 0.6 is 11.6 Å². The molecule has 0 spiro atoms. The minimum absolute atomic E-state index is 0.00499. The van der Waals surface area contributed by atoms with Crippen molar-refractivity contribution in [2.45, 2.75) is 32.4 Å². The standard InChI is InChI=1S/C17H23ClN2O3/c1-2-19(16(21)11-18)12-15-9-6-10-20(15)17(22)23-13-14-7-4-3-5-8-14/h3-5,7-8,15H,2,6,9-13H2,1H3/t15-/m0/s1. The zero-order valence-corrected chi connectivity index (χ0v) is 14.2. The second-order valence-electron chi connectivity index (χ2n) is 5.60. The van der Waals surface area contributed by atoms with Crippen LogP contribution in [0.2, 0.25) is 0 Å². The molecule has 0 N–H and O–H groups in total. The van der Waals surface area contributed by atoms with E-state index in [1.165, 1.54) is 0 Å². The molecule has 0 bridgehead atoms. The highest BCUT2D eigenvalue weighted by molar-refractivity contribution is 6.27. The van der Waals surface area contributed by atoms with E-state index in [9.17, 15) is 9.59 Å². The summed E-state index contributed by atoms with van der Waals surface area (Å²) in [5, 5.41) is 0. The van der Waals surface area contributed by atoms with Gasteiger partial charge in [-0.2, -0.15) is 0 Å². The Hall–Kier alpha value is -1.75. The van der Waals surface area contributed by atoms with Gasteiger partial charge in [0.2, 0.25) is 5.91 Å². The van der Waals surface area contributed by atoms with Crippen LogP contribution in [0, 0.1) is 0 Å². The minimum Gasteiger partial charge on any atom is -0.445 e. The first-order valence-corrected chi connectivity index (χ1v) is 8.50. The summed E-state index contributed by atoms with van der Waals surface area (Å²) in [5.41, 5.74) is 0.962. The first-order chi connectivity index (χ1) is 11.2. The molecule has 1 atom stereocenters. The highest BCUT2D eigenvalue weighted by Crippen LogP contribution is 2.20. The van der Waals surface area contributed by atoms with Crippen LogP contribution in [0.4, 0.5) is 4.79 Å². The van der Waals surface area contributed by atoms with Crippen LogP contribution in [0.3, 0.4) is 0 Å². The molecule has 126 valence electrons. The summed E-state index contributed by atoms with van der Waals surface area (Å²) in [6.45, 7) is 3.96. The van der Waals surface area contributed by atoms with E-state index in [1.54, 1.807) is 9.80 Å². The third-order valence-corrected chi connectivity index (χ3v) is 4.33. The molecular weight excluding hydrogens is 316 g/mol. The Morgan fingerprint density at radius 1 is 1.35 bits per heavy atom. The summed E-state index contributed by atoms with van der Waals surface area (Å²) in [6.07, 6.45) is 1.50. The first kappa shape index (κ1) is 17.6. The van der Waals surface area contributed by atoms with Crippen molar-refractivity contribution >= 4 is 23.6 Å². The first-order valence-electron chi connectivity index (χ1n) is 7.96. The maximum atomic E-state index is 12.3. The number of amides is 2. The Morgan fingerprint density at radius 3 is 2.74 bits per heavy atom. The van der Waals surface area contributed by atoms with Gasteiger partial charge in [0, 0.05) is 19.6 Å². The van der Waals surface area contributed by atoms with Gasteiger partial charge in [0.05, 0.1) is 6.04 Å². The number of hydrogen-bond donors (Lipinski definition) is 0. The monoisotopic (exact) mass is 338 g/mol. The fraction of sp³-hybridized carbons (Fsp3) is 0.529. The fourth-order valence-corrected chi connectivity index (χ4v) is 2.98. The lowest BCUT2D eigenvalue weighted by Gasteiger charge is -2.29. The zero-order valence-electron chi connectivity index (χ0n) is 13.4. The van der Waals surface area contributed by atoms with Crippen molar-refractivity contribution in [1.82, 2.24) is 9.80 Å². The number of benzene rings is 1. The van der Waals surface area contributed by atoms with Crippen LogP contribution in [0.1, 0.15) is 25.3 Å². The van der Waals surface area contributed by atoms with Crippen LogP contribution in [0.15, 0.2) is 30.3 Å². The summed E-state index contributed by atoms with van der Waals surface area (Å²) in [6, 6.07) is 9.61. The number of hydrogen-bond acceptors (Lipinski definition) is 3. The third kappa shape index (κ3) is 4.86. The molecule has 0 aliphatic carbocycles. The Labute approximate surface area is 142 Å². The Bertz CT molecular complexity index is 524. The molecule has 6 heteroatoms. The lowest BCUT2D eigenvalue weighted by Crippen LogP contribution is -2.45. The molecule has 0 radical (unpaired) electrons. The number of likely N-dealkylation sites (tertiary alicyclic amines) is 1. The number of carbonyl (C=O) groups excluding carboxylic acids is 2. The molecule has 0 unspecified atom stereocenters. The number of alkyl halides is 1. The minimum atomic E-state index is -0.314. The largest absolute Gasteiger partial charge is 0.445 e. The molecule has 1 aliphatic heterocycles. The Balaban J connectivity index is 1.89. The van der Waals surface area contributed by atoms with E-state index in [4.69, 9.17) is 16.3 Å². The van der Waals surface area contributed by atoms with Crippen LogP contribution < -0.4 is 0 Å². The average Bonchev–Trinajstić information content (AvgIpc) is 3.06. The molecule has 2 rings (SSSR count). The van der Waals surface area contributed by atoms with Crippen molar-refractivity contribution in [1.29, 1.82) is 0 Å². The molecular formula is C17H23ClN2O3. The van der Waals surface area contributed by atoms with E-state index in [2.05, 4.69) is 0 Å². The molecule has 0 saturated carbocycles. The number of nitrogens with zero attached hydrogens (tertiary/aromatic N) is 2. The van der Waals surface area contributed by atoms with Gasteiger partial charge in [0.15, 0.2) is 0 Å². The molecule has 1 aliphatic rings. The van der Waals surface area contributed by atoms with Crippen LogP contribution in [0.25, 0.3) is 0 Å². The SMILES string of the molecule is CCN(C[C@@H]1CCCN1C(=O)OCc1ccccc1)C(=O)CCl. The number of ether oxygens (including phenoxy) is 1. The van der Waals surface area contributed by atoms with Crippen molar-refractivity contribution in [3.63, 3.8) is 0 Å². The molecule has 5 nitrogen and oxygen atoms in total. The van der Waals surface area contributed by atoms with E-state index in [-0.39, 0.29) is 30.5 Å². The molecule has 1 aromatic rings. The Kier molecular flexibility index (Phi) is 6.71. The van der Waals surface area contributed by atoms with Gasteiger partial charge < -0.3 is 14.5 Å². The second kappa shape index (κ2) is 8.77. The van der Waals surface area contributed by atoms with Crippen molar-refractivity contribution in [2.24, 2.45) is 0 Å². The topological polar surface area (TPSA) is 49.9 Å². The summed E-state index contributed by atoms with van der Waals surface area (Å²) < 4.78 is 5.40. The smallest absolute Gasteiger partial charge is 0.410 e. The molecule has 23 heavy (non-hydrogen) atoms. The van der Waals surface area contributed by atoms with Gasteiger partial charge in [0.25, 0.3) is 0 Å². The Morgan fingerprint density at radius 2 is 2.09 bits per heavy atom. The van der Waals surface area contributed by atoms with Crippen LogP contribution in [-0.4, -0.2) is 53.4 Å².